The molecule has 0 spiro atoms. The van der Waals surface area contributed by atoms with E-state index in [2.05, 4.69) is 5.32 Å². The first-order chi connectivity index (χ1) is 8.55. The summed E-state index contributed by atoms with van der Waals surface area (Å²) >= 11 is 0. The molecule has 0 aromatic heterocycles. The third kappa shape index (κ3) is 4.11. The lowest BCUT2D eigenvalue weighted by atomic mass is 9.95. The van der Waals surface area contributed by atoms with E-state index in [4.69, 9.17) is 15.4 Å². The fourth-order valence-corrected chi connectivity index (χ4v) is 2.02. The second kappa shape index (κ2) is 5.38. The van der Waals surface area contributed by atoms with Crippen LogP contribution in [0.1, 0.15) is 20.8 Å². The lowest BCUT2D eigenvalue weighted by Crippen LogP contribution is -2.27. The van der Waals surface area contributed by atoms with Gasteiger partial charge in [0.25, 0.3) is 9.05 Å². The average Bonchev–Trinajstić information content (AvgIpc) is 2.26. The van der Waals surface area contributed by atoms with Crippen molar-refractivity contribution < 1.29 is 17.9 Å². The minimum absolute atomic E-state index is 0.0980. The Morgan fingerprint density at radius 1 is 1.32 bits per heavy atom. The molecule has 0 saturated carbocycles. The number of anilines is 1. The molecule has 19 heavy (non-hydrogen) atoms. The minimum atomic E-state index is -3.86. The van der Waals surface area contributed by atoms with Crippen molar-refractivity contribution in [1.29, 1.82) is 0 Å². The number of hydrogen-bond acceptors (Lipinski definition) is 4. The van der Waals surface area contributed by atoms with Gasteiger partial charge in [-0.05, 0) is 18.2 Å². The Hall–Kier alpha value is -1.27. The molecular formula is C12H16ClNO4S. The molecule has 0 radical (unpaired) electrons. The van der Waals surface area contributed by atoms with Gasteiger partial charge in [0.1, 0.15) is 5.75 Å². The quantitative estimate of drug-likeness (QED) is 0.871. The van der Waals surface area contributed by atoms with Gasteiger partial charge in [0.05, 0.1) is 17.7 Å². The lowest BCUT2D eigenvalue weighted by Gasteiger charge is -2.19. The Bertz CT molecular complexity index is 590. The molecule has 1 aromatic rings. The van der Waals surface area contributed by atoms with Crippen LogP contribution in [0.3, 0.4) is 0 Å². The van der Waals surface area contributed by atoms with Crippen molar-refractivity contribution in [2.75, 3.05) is 12.4 Å². The monoisotopic (exact) mass is 305 g/mol. The van der Waals surface area contributed by atoms with Crippen molar-refractivity contribution in [1.82, 2.24) is 0 Å². The maximum Gasteiger partial charge on any atom is 0.261 e. The van der Waals surface area contributed by atoms with E-state index < -0.39 is 14.5 Å². The normalized spacial score (nSPS) is 12.1. The van der Waals surface area contributed by atoms with E-state index >= 15 is 0 Å². The number of hydrogen-bond donors (Lipinski definition) is 1. The number of carbonyl (C=O) groups excluding carboxylic acids is 1. The van der Waals surface area contributed by atoms with E-state index in [0.717, 1.165) is 0 Å². The van der Waals surface area contributed by atoms with Crippen molar-refractivity contribution in [3.8, 4) is 5.75 Å². The van der Waals surface area contributed by atoms with Gasteiger partial charge < -0.3 is 10.1 Å². The molecule has 0 bridgehead atoms. The number of methoxy groups -OCH3 is 1. The first-order valence-electron chi connectivity index (χ1n) is 5.50. The summed E-state index contributed by atoms with van der Waals surface area (Å²) in [5.74, 6) is 0.108. The second-order valence-electron chi connectivity index (χ2n) is 5.00. The highest BCUT2D eigenvalue weighted by atomic mass is 35.7. The van der Waals surface area contributed by atoms with Gasteiger partial charge >= 0.3 is 0 Å². The summed E-state index contributed by atoms with van der Waals surface area (Å²) in [6.45, 7) is 5.24. The van der Waals surface area contributed by atoms with Crippen molar-refractivity contribution in [2.24, 2.45) is 5.41 Å². The van der Waals surface area contributed by atoms with Crippen LogP contribution in [0.15, 0.2) is 23.1 Å². The SMILES string of the molecule is COc1ccc(S(=O)(=O)Cl)cc1NC(=O)C(C)(C)C. The Morgan fingerprint density at radius 2 is 1.89 bits per heavy atom. The Kier molecular flexibility index (Phi) is 4.47. The summed E-state index contributed by atoms with van der Waals surface area (Å²) in [5.41, 5.74) is -0.343. The topological polar surface area (TPSA) is 72.5 Å². The summed E-state index contributed by atoms with van der Waals surface area (Å²) in [4.78, 5) is 11.8. The molecule has 0 saturated heterocycles. The van der Waals surface area contributed by atoms with E-state index in [0.29, 0.717) is 5.75 Å². The number of benzene rings is 1. The molecule has 0 aliphatic rings. The number of amides is 1. The fourth-order valence-electron chi connectivity index (χ4n) is 1.25. The number of ether oxygens (including phenoxy) is 1. The van der Waals surface area contributed by atoms with Crippen molar-refractivity contribution in [3.05, 3.63) is 18.2 Å². The van der Waals surface area contributed by atoms with Gasteiger partial charge in [-0.3, -0.25) is 4.79 Å². The van der Waals surface area contributed by atoms with Gasteiger partial charge in [-0.2, -0.15) is 0 Å². The van der Waals surface area contributed by atoms with Gasteiger partial charge in [-0.15, -0.1) is 0 Å². The Morgan fingerprint density at radius 3 is 2.32 bits per heavy atom. The molecule has 1 aromatic carbocycles. The standard InChI is InChI=1S/C12H16ClNO4S/c1-12(2,3)11(15)14-9-7-8(19(13,16)17)5-6-10(9)18-4/h5-7H,1-4H3,(H,14,15). The van der Waals surface area contributed by atoms with E-state index in [9.17, 15) is 13.2 Å². The lowest BCUT2D eigenvalue weighted by molar-refractivity contribution is -0.123. The van der Waals surface area contributed by atoms with E-state index in [1.165, 1.54) is 25.3 Å². The molecule has 1 amide bonds. The van der Waals surface area contributed by atoms with Gasteiger partial charge in [-0.1, -0.05) is 20.8 Å². The van der Waals surface area contributed by atoms with Crippen molar-refractivity contribution >= 4 is 31.3 Å². The molecular weight excluding hydrogens is 290 g/mol. The van der Waals surface area contributed by atoms with Crippen molar-refractivity contribution in [3.63, 3.8) is 0 Å². The maximum atomic E-state index is 11.9. The average molecular weight is 306 g/mol. The Labute approximate surface area is 117 Å². The highest BCUT2D eigenvalue weighted by Gasteiger charge is 2.23. The van der Waals surface area contributed by atoms with Crippen LogP contribution < -0.4 is 10.1 Å². The molecule has 1 rings (SSSR count). The Balaban J connectivity index is 3.21. The van der Waals surface area contributed by atoms with Crippen LogP contribution >= 0.6 is 10.7 Å². The molecule has 0 aliphatic carbocycles. The third-order valence-corrected chi connectivity index (χ3v) is 3.73. The molecule has 0 fully saturated rings. The molecule has 0 heterocycles. The summed E-state index contributed by atoms with van der Waals surface area (Å²) in [5, 5.41) is 2.63. The zero-order valence-corrected chi connectivity index (χ0v) is 12.7. The number of halogens is 1. The minimum Gasteiger partial charge on any atom is -0.495 e. The molecule has 7 heteroatoms. The third-order valence-electron chi connectivity index (χ3n) is 2.38. The number of nitrogens with one attached hydrogen (secondary N) is 1. The molecule has 0 atom stereocenters. The fraction of sp³-hybridized carbons (Fsp3) is 0.417. The van der Waals surface area contributed by atoms with Crippen LogP contribution in [-0.2, 0) is 13.8 Å². The van der Waals surface area contributed by atoms with Gasteiger partial charge in [0.2, 0.25) is 5.91 Å². The van der Waals surface area contributed by atoms with Crippen LogP contribution in [0.4, 0.5) is 5.69 Å². The van der Waals surface area contributed by atoms with Crippen molar-refractivity contribution in [2.45, 2.75) is 25.7 Å². The number of rotatable bonds is 3. The van der Waals surface area contributed by atoms with E-state index in [1.54, 1.807) is 20.8 Å². The predicted octanol–water partition coefficient (Wildman–Crippen LogP) is 2.61. The maximum absolute atomic E-state index is 11.9. The number of carbonyl (C=O) groups is 1. The highest BCUT2D eigenvalue weighted by Crippen LogP contribution is 2.30. The highest BCUT2D eigenvalue weighted by molar-refractivity contribution is 8.13. The van der Waals surface area contributed by atoms with Crippen LogP contribution in [0.2, 0.25) is 0 Å². The molecule has 0 unspecified atom stereocenters. The van der Waals surface area contributed by atoms with Gasteiger partial charge in [0, 0.05) is 16.1 Å². The van der Waals surface area contributed by atoms with Crippen LogP contribution in [0, 0.1) is 5.41 Å². The first-order valence-corrected chi connectivity index (χ1v) is 7.81. The smallest absolute Gasteiger partial charge is 0.261 e. The van der Waals surface area contributed by atoms with Gasteiger partial charge in [0.15, 0.2) is 0 Å². The largest absolute Gasteiger partial charge is 0.495 e. The first kappa shape index (κ1) is 15.8. The molecule has 106 valence electrons. The van der Waals surface area contributed by atoms with E-state index in [-0.39, 0.29) is 16.5 Å². The second-order valence-corrected chi connectivity index (χ2v) is 7.57. The molecule has 1 N–H and O–H groups in total. The van der Waals surface area contributed by atoms with E-state index in [1.807, 2.05) is 0 Å². The predicted molar refractivity (Wildman–Crippen MR) is 74.1 cm³/mol. The van der Waals surface area contributed by atoms with Crippen LogP contribution in [0.5, 0.6) is 5.75 Å². The van der Waals surface area contributed by atoms with Gasteiger partial charge in [-0.25, -0.2) is 8.42 Å². The summed E-state index contributed by atoms with van der Waals surface area (Å²) < 4.78 is 27.6. The van der Waals surface area contributed by atoms with Crippen LogP contribution in [-0.4, -0.2) is 21.4 Å². The zero-order chi connectivity index (χ0) is 14.8. The molecule has 0 aliphatic heterocycles. The summed E-state index contributed by atoms with van der Waals surface area (Å²) in [7, 11) is 2.84. The summed E-state index contributed by atoms with van der Waals surface area (Å²) in [6, 6.07) is 4.02. The zero-order valence-electron chi connectivity index (χ0n) is 11.2. The summed E-state index contributed by atoms with van der Waals surface area (Å²) in [6.07, 6.45) is 0. The molecule has 5 nitrogen and oxygen atoms in total. The van der Waals surface area contributed by atoms with Crippen LogP contribution in [0.25, 0.3) is 0 Å².